The standard InChI is InChI=1S/C14H21ClN2/c1-10-6-7-11(9-12(10)15)17-8-4-5-13(16)14(17,2)3/h6-7,9,13H,4-5,8,16H2,1-3H3. The van der Waals surface area contributed by atoms with Crippen LogP contribution in [0.3, 0.4) is 0 Å². The lowest BCUT2D eigenvalue weighted by atomic mass is 9.85. The van der Waals surface area contributed by atoms with Gasteiger partial charge in [-0.2, -0.15) is 0 Å². The van der Waals surface area contributed by atoms with Gasteiger partial charge in [-0.05, 0) is 51.3 Å². The molecular formula is C14H21ClN2. The normalized spacial score (nSPS) is 23.8. The molecule has 0 saturated carbocycles. The lowest BCUT2D eigenvalue weighted by Gasteiger charge is -2.48. The molecule has 1 atom stereocenters. The zero-order valence-corrected chi connectivity index (χ0v) is 11.6. The van der Waals surface area contributed by atoms with E-state index in [-0.39, 0.29) is 11.6 Å². The van der Waals surface area contributed by atoms with E-state index in [0.29, 0.717) is 0 Å². The van der Waals surface area contributed by atoms with E-state index in [2.05, 4.69) is 36.9 Å². The molecule has 1 aliphatic heterocycles. The van der Waals surface area contributed by atoms with Crippen LogP contribution in [0.25, 0.3) is 0 Å². The third kappa shape index (κ3) is 2.29. The van der Waals surface area contributed by atoms with E-state index in [1.54, 1.807) is 0 Å². The molecule has 94 valence electrons. The van der Waals surface area contributed by atoms with Crippen LogP contribution in [0.2, 0.25) is 5.02 Å². The Kier molecular flexibility index (Phi) is 3.37. The summed E-state index contributed by atoms with van der Waals surface area (Å²) in [5.74, 6) is 0. The van der Waals surface area contributed by atoms with Gasteiger partial charge < -0.3 is 10.6 Å². The van der Waals surface area contributed by atoms with Crippen LogP contribution in [0, 0.1) is 6.92 Å². The second-order valence-electron chi connectivity index (χ2n) is 5.49. The molecule has 1 saturated heterocycles. The van der Waals surface area contributed by atoms with E-state index >= 15 is 0 Å². The Balaban J connectivity index is 2.35. The number of aryl methyl sites for hydroxylation is 1. The van der Waals surface area contributed by atoms with Crippen molar-refractivity contribution in [2.75, 3.05) is 11.4 Å². The molecule has 1 aromatic rings. The van der Waals surface area contributed by atoms with Crippen molar-refractivity contribution in [2.24, 2.45) is 5.73 Å². The summed E-state index contributed by atoms with van der Waals surface area (Å²) in [5, 5.41) is 0.831. The molecule has 1 heterocycles. The molecule has 0 aromatic heterocycles. The maximum absolute atomic E-state index is 6.23. The highest BCUT2D eigenvalue weighted by Gasteiger charge is 2.36. The zero-order chi connectivity index (χ0) is 12.6. The first-order valence-electron chi connectivity index (χ1n) is 6.22. The number of halogens is 1. The second kappa shape index (κ2) is 4.51. The Hall–Kier alpha value is -0.730. The van der Waals surface area contributed by atoms with Crippen LogP contribution < -0.4 is 10.6 Å². The van der Waals surface area contributed by atoms with Crippen molar-refractivity contribution in [3.63, 3.8) is 0 Å². The molecule has 17 heavy (non-hydrogen) atoms. The highest BCUT2D eigenvalue weighted by molar-refractivity contribution is 6.31. The highest BCUT2D eigenvalue weighted by Crippen LogP contribution is 2.33. The summed E-state index contributed by atoms with van der Waals surface area (Å²) in [7, 11) is 0. The topological polar surface area (TPSA) is 29.3 Å². The van der Waals surface area contributed by atoms with Crippen LogP contribution in [0.15, 0.2) is 18.2 Å². The van der Waals surface area contributed by atoms with Gasteiger partial charge in [0.05, 0.1) is 0 Å². The van der Waals surface area contributed by atoms with E-state index in [1.165, 1.54) is 5.69 Å². The number of piperidine rings is 1. The van der Waals surface area contributed by atoms with Crippen LogP contribution in [0.5, 0.6) is 0 Å². The monoisotopic (exact) mass is 252 g/mol. The minimum absolute atomic E-state index is 0.00314. The first-order valence-corrected chi connectivity index (χ1v) is 6.60. The smallest absolute Gasteiger partial charge is 0.0496 e. The molecule has 0 bridgehead atoms. The Bertz CT molecular complexity index is 415. The van der Waals surface area contributed by atoms with Gasteiger partial charge in [0.25, 0.3) is 0 Å². The summed E-state index contributed by atoms with van der Waals surface area (Å²) in [6, 6.07) is 6.49. The van der Waals surface area contributed by atoms with Crippen molar-refractivity contribution in [1.82, 2.24) is 0 Å². The Labute approximate surface area is 109 Å². The molecular weight excluding hydrogens is 232 g/mol. The van der Waals surface area contributed by atoms with Crippen LogP contribution in [0.1, 0.15) is 32.3 Å². The number of anilines is 1. The molecule has 2 N–H and O–H groups in total. The fourth-order valence-electron chi connectivity index (χ4n) is 2.52. The van der Waals surface area contributed by atoms with Crippen molar-refractivity contribution < 1.29 is 0 Å². The maximum Gasteiger partial charge on any atom is 0.0496 e. The Morgan fingerprint density at radius 2 is 2.12 bits per heavy atom. The van der Waals surface area contributed by atoms with E-state index in [9.17, 15) is 0 Å². The van der Waals surface area contributed by atoms with Crippen LogP contribution in [0.4, 0.5) is 5.69 Å². The quantitative estimate of drug-likeness (QED) is 0.831. The van der Waals surface area contributed by atoms with E-state index in [4.69, 9.17) is 17.3 Å². The number of benzene rings is 1. The van der Waals surface area contributed by atoms with Gasteiger partial charge in [-0.15, -0.1) is 0 Å². The number of hydrogen-bond acceptors (Lipinski definition) is 2. The fourth-order valence-corrected chi connectivity index (χ4v) is 2.70. The van der Waals surface area contributed by atoms with E-state index < -0.39 is 0 Å². The number of hydrogen-bond donors (Lipinski definition) is 1. The molecule has 2 nitrogen and oxygen atoms in total. The molecule has 0 amide bonds. The van der Waals surface area contributed by atoms with Gasteiger partial charge >= 0.3 is 0 Å². The summed E-state index contributed by atoms with van der Waals surface area (Å²) < 4.78 is 0. The summed E-state index contributed by atoms with van der Waals surface area (Å²) in [6.45, 7) is 7.51. The number of nitrogens with zero attached hydrogens (tertiary/aromatic N) is 1. The van der Waals surface area contributed by atoms with Crippen LogP contribution >= 0.6 is 11.6 Å². The predicted molar refractivity (Wildman–Crippen MR) is 74.8 cm³/mol. The van der Waals surface area contributed by atoms with Gasteiger partial charge in [0.1, 0.15) is 0 Å². The molecule has 2 rings (SSSR count). The number of rotatable bonds is 1. The Morgan fingerprint density at radius 3 is 2.76 bits per heavy atom. The van der Waals surface area contributed by atoms with Crippen molar-refractivity contribution >= 4 is 17.3 Å². The zero-order valence-electron chi connectivity index (χ0n) is 10.8. The maximum atomic E-state index is 6.23. The fraction of sp³-hybridized carbons (Fsp3) is 0.571. The molecule has 0 radical (unpaired) electrons. The SMILES string of the molecule is Cc1ccc(N2CCCC(N)C2(C)C)cc1Cl. The molecule has 0 aliphatic carbocycles. The van der Waals surface area contributed by atoms with Gasteiger partial charge in [0.15, 0.2) is 0 Å². The molecule has 1 fully saturated rings. The Morgan fingerprint density at radius 1 is 1.41 bits per heavy atom. The van der Waals surface area contributed by atoms with E-state index in [0.717, 1.165) is 30.0 Å². The van der Waals surface area contributed by atoms with Gasteiger partial charge in [-0.3, -0.25) is 0 Å². The first kappa shape index (κ1) is 12.7. The predicted octanol–water partition coefficient (Wildman–Crippen LogP) is 3.35. The summed E-state index contributed by atoms with van der Waals surface area (Å²) >= 11 is 6.20. The van der Waals surface area contributed by atoms with Crippen molar-refractivity contribution in [1.29, 1.82) is 0 Å². The average molecular weight is 253 g/mol. The minimum Gasteiger partial charge on any atom is -0.365 e. The summed E-state index contributed by atoms with van der Waals surface area (Å²) in [5.41, 5.74) is 8.53. The summed E-state index contributed by atoms with van der Waals surface area (Å²) in [6.07, 6.45) is 2.25. The highest BCUT2D eigenvalue weighted by atomic mass is 35.5. The molecule has 3 heteroatoms. The van der Waals surface area contributed by atoms with Gasteiger partial charge in [-0.25, -0.2) is 0 Å². The van der Waals surface area contributed by atoms with Gasteiger partial charge in [-0.1, -0.05) is 17.7 Å². The minimum atomic E-state index is -0.00314. The van der Waals surface area contributed by atoms with Gasteiger partial charge in [0, 0.05) is 28.8 Å². The third-order valence-corrected chi connectivity index (χ3v) is 4.37. The van der Waals surface area contributed by atoms with Crippen molar-refractivity contribution in [2.45, 2.75) is 45.2 Å². The average Bonchev–Trinajstić information content (AvgIpc) is 2.26. The lowest BCUT2D eigenvalue weighted by molar-refractivity contribution is 0.310. The molecule has 0 spiro atoms. The van der Waals surface area contributed by atoms with E-state index in [1.807, 2.05) is 6.92 Å². The largest absolute Gasteiger partial charge is 0.365 e. The van der Waals surface area contributed by atoms with Crippen molar-refractivity contribution in [3.05, 3.63) is 28.8 Å². The first-order chi connectivity index (χ1) is 7.93. The van der Waals surface area contributed by atoms with Crippen LogP contribution in [-0.2, 0) is 0 Å². The van der Waals surface area contributed by atoms with Crippen LogP contribution in [-0.4, -0.2) is 18.1 Å². The third-order valence-electron chi connectivity index (χ3n) is 3.97. The summed E-state index contributed by atoms with van der Waals surface area (Å²) in [4.78, 5) is 2.38. The van der Waals surface area contributed by atoms with Crippen molar-refractivity contribution in [3.8, 4) is 0 Å². The molecule has 1 unspecified atom stereocenters. The molecule has 1 aliphatic rings. The molecule has 1 aromatic carbocycles. The van der Waals surface area contributed by atoms with Gasteiger partial charge in [0.2, 0.25) is 0 Å². The lowest BCUT2D eigenvalue weighted by Crippen LogP contribution is -2.59. The number of nitrogens with two attached hydrogens (primary N) is 1. The second-order valence-corrected chi connectivity index (χ2v) is 5.89.